The van der Waals surface area contributed by atoms with Gasteiger partial charge in [-0.3, -0.25) is 4.79 Å². The molecule has 96 valence electrons. The average molecular weight is 274 g/mol. The Kier molecular flexibility index (Phi) is 3.00. The van der Waals surface area contributed by atoms with Crippen molar-refractivity contribution in [2.45, 2.75) is 10.9 Å². The number of hydrogen-bond acceptors (Lipinski definition) is 6. The summed E-state index contributed by atoms with van der Waals surface area (Å²) in [6, 6.07) is 7.25. The Balaban J connectivity index is 1.90. The van der Waals surface area contributed by atoms with Crippen molar-refractivity contribution in [1.82, 2.24) is 30.2 Å². The molecule has 2 aromatic heterocycles. The van der Waals surface area contributed by atoms with Crippen molar-refractivity contribution in [1.29, 1.82) is 0 Å². The van der Waals surface area contributed by atoms with Crippen LogP contribution < -0.4 is 5.56 Å². The molecule has 7 nitrogen and oxygen atoms in total. The summed E-state index contributed by atoms with van der Waals surface area (Å²) in [7, 11) is 1.76. The van der Waals surface area contributed by atoms with Crippen LogP contribution in [0.15, 0.2) is 34.2 Å². The van der Waals surface area contributed by atoms with Gasteiger partial charge in [0.1, 0.15) is 5.82 Å². The van der Waals surface area contributed by atoms with Gasteiger partial charge >= 0.3 is 0 Å². The highest BCUT2D eigenvalue weighted by atomic mass is 32.2. The molecule has 3 aromatic rings. The van der Waals surface area contributed by atoms with E-state index in [1.807, 2.05) is 18.2 Å². The van der Waals surface area contributed by atoms with Crippen LogP contribution in [0, 0.1) is 0 Å². The number of tetrazole rings is 1. The minimum atomic E-state index is -0.128. The molecule has 0 aliphatic carbocycles. The van der Waals surface area contributed by atoms with Crippen LogP contribution in [0.25, 0.3) is 10.9 Å². The Morgan fingerprint density at radius 2 is 2.21 bits per heavy atom. The third-order valence-corrected chi connectivity index (χ3v) is 3.60. The van der Waals surface area contributed by atoms with Crippen LogP contribution in [0.1, 0.15) is 5.82 Å². The summed E-state index contributed by atoms with van der Waals surface area (Å²) in [6.45, 7) is 0. The molecule has 0 aliphatic rings. The first-order valence-electron chi connectivity index (χ1n) is 5.57. The maximum atomic E-state index is 11.9. The van der Waals surface area contributed by atoms with Gasteiger partial charge in [0.15, 0.2) is 0 Å². The fraction of sp³-hybridized carbons (Fsp3) is 0.182. The van der Waals surface area contributed by atoms with E-state index in [0.29, 0.717) is 27.6 Å². The number of H-pyrrole nitrogens is 1. The molecule has 0 atom stereocenters. The highest BCUT2D eigenvalue weighted by Crippen LogP contribution is 2.17. The van der Waals surface area contributed by atoms with E-state index in [-0.39, 0.29) is 5.56 Å². The van der Waals surface area contributed by atoms with Gasteiger partial charge in [-0.1, -0.05) is 23.9 Å². The number of thioether (sulfide) groups is 1. The van der Waals surface area contributed by atoms with E-state index >= 15 is 0 Å². The summed E-state index contributed by atoms with van der Waals surface area (Å²) in [6.07, 6.45) is 0. The average Bonchev–Trinajstić information content (AvgIpc) is 2.82. The number of aryl methyl sites for hydroxylation is 1. The lowest BCUT2D eigenvalue weighted by molar-refractivity contribution is 0.664. The number of rotatable bonds is 3. The van der Waals surface area contributed by atoms with E-state index in [1.54, 1.807) is 17.8 Å². The maximum Gasteiger partial charge on any atom is 0.258 e. The molecule has 19 heavy (non-hydrogen) atoms. The molecule has 2 heterocycles. The van der Waals surface area contributed by atoms with E-state index < -0.39 is 0 Å². The second-order valence-electron chi connectivity index (χ2n) is 3.90. The quantitative estimate of drug-likeness (QED) is 0.708. The number of benzene rings is 1. The van der Waals surface area contributed by atoms with Crippen LogP contribution >= 0.6 is 11.8 Å². The number of fused-ring (bicyclic) bond motifs is 1. The Bertz CT molecular complexity index is 780. The predicted octanol–water partition coefficient (Wildman–Crippen LogP) is 0.739. The van der Waals surface area contributed by atoms with Crippen molar-refractivity contribution in [3.05, 3.63) is 40.4 Å². The SMILES string of the molecule is Cn1nnnc1SCc1nc2ccccc2c(=O)[nH]1. The zero-order chi connectivity index (χ0) is 13.2. The maximum absolute atomic E-state index is 11.9. The minimum absolute atomic E-state index is 0.128. The lowest BCUT2D eigenvalue weighted by Crippen LogP contribution is -2.11. The molecule has 0 unspecified atom stereocenters. The first kappa shape index (κ1) is 11.8. The van der Waals surface area contributed by atoms with Crippen LogP contribution in [0.3, 0.4) is 0 Å². The van der Waals surface area contributed by atoms with Gasteiger partial charge in [0.25, 0.3) is 5.56 Å². The van der Waals surface area contributed by atoms with Crippen LogP contribution in [0.2, 0.25) is 0 Å². The number of nitrogens with one attached hydrogen (secondary N) is 1. The first-order chi connectivity index (χ1) is 9.24. The van der Waals surface area contributed by atoms with Gasteiger partial charge in [0.05, 0.1) is 16.7 Å². The van der Waals surface area contributed by atoms with E-state index in [9.17, 15) is 4.79 Å². The minimum Gasteiger partial charge on any atom is -0.309 e. The zero-order valence-corrected chi connectivity index (χ0v) is 10.9. The number of hydrogen-bond donors (Lipinski definition) is 1. The molecular weight excluding hydrogens is 264 g/mol. The molecule has 0 amide bonds. The van der Waals surface area contributed by atoms with Crippen molar-refractivity contribution in [3.63, 3.8) is 0 Å². The molecule has 0 aliphatic heterocycles. The fourth-order valence-corrected chi connectivity index (χ4v) is 2.40. The molecule has 8 heteroatoms. The summed E-state index contributed by atoms with van der Waals surface area (Å²) in [5, 5.41) is 12.4. The predicted molar refractivity (Wildman–Crippen MR) is 70.7 cm³/mol. The normalized spacial score (nSPS) is 11.0. The molecule has 0 radical (unpaired) electrons. The summed E-state index contributed by atoms with van der Waals surface area (Å²) < 4.78 is 1.57. The molecule has 0 fully saturated rings. The second kappa shape index (κ2) is 4.81. The highest BCUT2D eigenvalue weighted by molar-refractivity contribution is 7.98. The lowest BCUT2D eigenvalue weighted by atomic mass is 10.2. The first-order valence-corrected chi connectivity index (χ1v) is 6.56. The highest BCUT2D eigenvalue weighted by Gasteiger charge is 2.07. The van der Waals surface area contributed by atoms with Gasteiger partial charge in [-0.2, -0.15) is 0 Å². The topological polar surface area (TPSA) is 89.3 Å². The van der Waals surface area contributed by atoms with E-state index in [1.165, 1.54) is 11.8 Å². The van der Waals surface area contributed by atoms with Crippen molar-refractivity contribution in [2.75, 3.05) is 0 Å². The molecule has 0 spiro atoms. The molecule has 3 rings (SSSR count). The van der Waals surface area contributed by atoms with Crippen molar-refractivity contribution < 1.29 is 0 Å². The van der Waals surface area contributed by atoms with Gasteiger partial charge in [-0.25, -0.2) is 9.67 Å². The number of aromatic amines is 1. The van der Waals surface area contributed by atoms with Gasteiger partial charge in [-0.15, -0.1) is 5.10 Å². The Hall–Kier alpha value is -2.22. The van der Waals surface area contributed by atoms with Crippen molar-refractivity contribution in [3.8, 4) is 0 Å². The van der Waals surface area contributed by atoms with E-state index in [0.717, 1.165) is 0 Å². The molecule has 1 aromatic carbocycles. The zero-order valence-electron chi connectivity index (χ0n) is 10.1. The summed E-state index contributed by atoms with van der Waals surface area (Å²) >= 11 is 1.42. The molecule has 0 saturated heterocycles. The van der Waals surface area contributed by atoms with Crippen molar-refractivity contribution in [2.24, 2.45) is 7.05 Å². The Morgan fingerprint density at radius 3 is 3.00 bits per heavy atom. The summed E-state index contributed by atoms with van der Waals surface area (Å²) in [5.74, 6) is 1.12. The van der Waals surface area contributed by atoms with Gasteiger partial charge < -0.3 is 4.98 Å². The summed E-state index contributed by atoms with van der Waals surface area (Å²) in [4.78, 5) is 19.1. The molecule has 1 N–H and O–H groups in total. The van der Waals surface area contributed by atoms with Gasteiger partial charge in [-0.05, 0) is 22.6 Å². The molecule has 0 bridgehead atoms. The van der Waals surface area contributed by atoms with Gasteiger partial charge in [0, 0.05) is 7.05 Å². The standard InChI is InChI=1S/C11H10N6OS/c1-17-11(14-15-16-17)19-6-9-12-8-5-3-2-4-7(8)10(18)13-9/h2-5H,6H2,1H3,(H,12,13,18). The Labute approximate surface area is 112 Å². The van der Waals surface area contributed by atoms with Crippen LogP contribution in [0.5, 0.6) is 0 Å². The smallest absolute Gasteiger partial charge is 0.258 e. The number of para-hydroxylation sites is 1. The Morgan fingerprint density at radius 1 is 1.37 bits per heavy atom. The largest absolute Gasteiger partial charge is 0.309 e. The number of nitrogens with zero attached hydrogens (tertiary/aromatic N) is 5. The summed E-state index contributed by atoms with van der Waals surface area (Å²) in [5.41, 5.74) is 0.565. The monoisotopic (exact) mass is 274 g/mol. The third-order valence-electron chi connectivity index (χ3n) is 2.58. The fourth-order valence-electron chi connectivity index (χ4n) is 1.68. The van der Waals surface area contributed by atoms with E-state index in [2.05, 4.69) is 25.5 Å². The second-order valence-corrected chi connectivity index (χ2v) is 4.85. The van der Waals surface area contributed by atoms with Crippen molar-refractivity contribution >= 4 is 22.7 Å². The number of aromatic nitrogens is 6. The van der Waals surface area contributed by atoms with Crippen LogP contribution in [-0.4, -0.2) is 30.2 Å². The van der Waals surface area contributed by atoms with Crippen LogP contribution in [0.4, 0.5) is 0 Å². The van der Waals surface area contributed by atoms with E-state index in [4.69, 9.17) is 0 Å². The lowest BCUT2D eigenvalue weighted by Gasteiger charge is -2.02. The van der Waals surface area contributed by atoms with Crippen LogP contribution in [-0.2, 0) is 12.8 Å². The third kappa shape index (κ3) is 2.34. The molecular formula is C11H10N6OS. The molecule has 0 saturated carbocycles. The van der Waals surface area contributed by atoms with Gasteiger partial charge in [0.2, 0.25) is 5.16 Å².